The molecular weight excluding hydrogens is 365 g/mol. The van der Waals surface area contributed by atoms with Gasteiger partial charge in [-0.3, -0.25) is 9.69 Å². The van der Waals surface area contributed by atoms with Crippen LogP contribution in [0.2, 0.25) is 10.0 Å². The van der Waals surface area contributed by atoms with E-state index in [-0.39, 0.29) is 25.0 Å². The molecule has 0 aliphatic carbocycles. The molecule has 1 N–H and O–H groups in total. The quantitative estimate of drug-likeness (QED) is 0.882. The lowest BCUT2D eigenvalue weighted by Crippen LogP contribution is -2.43. The van der Waals surface area contributed by atoms with Crippen molar-refractivity contribution in [2.24, 2.45) is 7.05 Å². The fraction of sp³-hybridized carbons (Fsp3) is 0.312. The third-order valence-corrected chi connectivity index (χ3v) is 4.68. The first kappa shape index (κ1) is 17.6. The summed E-state index contributed by atoms with van der Waals surface area (Å²) in [7, 11) is 3.42. The average Bonchev–Trinajstić information content (AvgIpc) is 3.11. The Labute approximate surface area is 155 Å². The summed E-state index contributed by atoms with van der Waals surface area (Å²) in [4.78, 5) is 32.0. The number of rotatable bonds is 4. The van der Waals surface area contributed by atoms with Crippen LogP contribution in [0.25, 0.3) is 0 Å². The molecule has 7 nitrogen and oxygen atoms in total. The molecule has 132 valence electrons. The number of anilines is 1. The van der Waals surface area contributed by atoms with Crippen molar-refractivity contribution < 1.29 is 9.59 Å². The number of likely N-dealkylation sites (N-methyl/N-ethyl adjacent to an activating group) is 1. The molecule has 0 unspecified atom stereocenters. The van der Waals surface area contributed by atoms with E-state index in [0.29, 0.717) is 15.9 Å². The zero-order chi connectivity index (χ0) is 18.1. The van der Waals surface area contributed by atoms with Gasteiger partial charge in [0.05, 0.1) is 12.9 Å². The predicted molar refractivity (Wildman–Crippen MR) is 95.8 cm³/mol. The van der Waals surface area contributed by atoms with Crippen molar-refractivity contribution in [2.75, 3.05) is 18.5 Å². The standard InChI is InChI=1S/C16H17Cl2N5O2/c1-21-8-14(20-9-21)23-7-13(22(2)16(23)25)15(24)19-6-10-3-4-11(17)5-12(10)18/h3-5,8-9,13H,6-7H2,1-2H3,(H,19,24)/t13-/m0/s1. The highest BCUT2D eigenvalue weighted by Gasteiger charge is 2.40. The zero-order valence-electron chi connectivity index (χ0n) is 13.7. The Morgan fingerprint density at radius 2 is 2.12 bits per heavy atom. The Morgan fingerprint density at radius 1 is 1.36 bits per heavy atom. The molecule has 9 heteroatoms. The molecule has 1 saturated heterocycles. The second-order valence-corrected chi connectivity index (χ2v) is 6.71. The number of amides is 3. The largest absolute Gasteiger partial charge is 0.350 e. The van der Waals surface area contributed by atoms with Crippen LogP contribution in [0.4, 0.5) is 10.6 Å². The minimum absolute atomic E-state index is 0.243. The minimum atomic E-state index is -0.597. The highest BCUT2D eigenvalue weighted by Crippen LogP contribution is 2.22. The molecule has 0 spiro atoms. The Kier molecular flexibility index (Phi) is 4.87. The highest BCUT2D eigenvalue weighted by molar-refractivity contribution is 6.35. The summed E-state index contributed by atoms with van der Waals surface area (Å²) in [6.45, 7) is 0.503. The number of aryl methyl sites for hydroxylation is 1. The van der Waals surface area contributed by atoms with Crippen LogP contribution in [0.5, 0.6) is 0 Å². The third kappa shape index (κ3) is 3.57. The summed E-state index contributed by atoms with van der Waals surface area (Å²) in [5.74, 6) is 0.274. The summed E-state index contributed by atoms with van der Waals surface area (Å²) >= 11 is 12.0. The molecular formula is C16H17Cl2N5O2. The Morgan fingerprint density at radius 3 is 2.76 bits per heavy atom. The van der Waals surface area contributed by atoms with Crippen molar-refractivity contribution >= 4 is 41.0 Å². The maximum Gasteiger partial charge on any atom is 0.326 e. The molecule has 2 aromatic rings. The smallest absolute Gasteiger partial charge is 0.326 e. The molecule has 1 aliphatic rings. The maximum atomic E-state index is 12.5. The van der Waals surface area contributed by atoms with Gasteiger partial charge in [0.1, 0.15) is 6.04 Å². The lowest BCUT2D eigenvalue weighted by atomic mass is 10.2. The molecule has 3 rings (SSSR count). The molecule has 1 aromatic heterocycles. The van der Waals surface area contributed by atoms with Crippen LogP contribution >= 0.6 is 23.2 Å². The fourth-order valence-electron chi connectivity index (χ4n) is 2.65. The molecule has 1 atom stereocenters. The number of urea groups is 1. The van der Waals surface area contributed by atoms with Gasteiger partial charge in [-0.1, -0.05) is 29.3 Å². The second kappa shape index (κ2) is 6.93. The normalized spacial score (nSPS) is 17.3. The Balaban J connectivity index is 1.67. The highest BCUT2D eigenvalue weighted by atomic mass is 35.5. The van der Waals surface area contributed by atoms with E-state index >= 15 is 0 Å². The number of benzene rings is 1. The van der Waals surface area contributed by atoms with Crippen LogP contribution in [-0.2, 0) is 18.4 Å². The van der Waals surface area contributed by atoms with Crippen molar-refractivity contribution in [3.05, 3.63) is 46.3 Å². The third-order valence-electron chi connectivity index (χ3n) is 4.09. The van der Waals surface area contributed by atoms with Gasteiger partial charge in [-0.25, -0.2) is 9.78 Å². The van der Waals surface area contributed by atoms with Crippen LogP contribution < -0.4 is 10.2 Å². The van der Waals surface area contributed by atoms with Crippen LogP contribution in [0.3, 0.4) is 0 Å². The molecule has 1 aliphatic heterocycles. The molecule has 0 bridgehead atoms. The van der Waals surface area contributed by atoms with Gasteiger partial charge in [0, 0.05) is 36.9 Å². The van der Waals surface area contributed by atoms with E-state index in [1.54, 1.807) is 42.3 Å². The molecule has 1 aromatic carbocycles. The Hall–Kier alpha value is -2.25. The van der Waals surface area contributed by atoms with Gasteiger partial charge >= 0.3 is 6.03 Å². The molecule has 0 radical (unpaired) electrons. The van der Waals surface area contributed by atoms with Gasteiger partial charge in [-0.15, -0.1) is 0 Å². The monoisotopic (exact) mass is 381 g/mol. The van der Waals surface area contributed by atoms with Gasteiger partial charge in [-0.05, 0) is 17.7 Å². The van der Waals surface area contributed by atoms with Crippen LogP contribution in [0, 0.1) is 0 Å². The lowest BCUT2D eigenvalue weighted by molar-refractivity contribution is -0.124. The molecule has 3 amide bonds. The number of nitrogens with one attached hydrogen (secondary N) is 1. The van der Waals surface area contributed by atoms with Crippen molar-refractivity contribution in [3.8, 4) is 0 Å². The number of hydrogen-bond donors (Lipinski definition) is 1. The van der Waals surface area contributed by atoms with Crippen LogP contribution in [0.15, 0.2) is 30.7 Å². The van der Waals surface area contributed by atoms with E-state index in [9.17, 15) is 9.59 Å². The Bertz CT molecular complexity index is 823. The summed E-state index contributed by atoms with van der Waals surface area (Å²) in [5, 5.41) is 3.84. The number of imidazole rings is 1. The topological polar surface area (TPSA) is 70.5 Å². The summed E-state index contributed by atoms with van der Waals surface area (Å²) in [6.07, 6.45) is 3.35. The average molecular weight is 382 g/mol. The van der Waals surface area contributed by atoms with Gasteiger partial charge < -0.3 is 14.8 Å². The predicted octanol–water partition coefficient (Wildman–Crippen LogP) is 2.28. The van der Waals surface area contributed by atoms with Gasteiger partial charge in [0.15, 0.2) is 5.82 Å². The first-order valence-electron chi connectivity index (χ1n) is 7.60. The molecule has 2 heterocycles. The fourth-order valence-corrected chi connectivity index (χ4v) is 3.13. The van der Waals surface area contributed by atoms with E-state index in [1.807, 2.05) is 7.05 Å². The van der Waals surface area contributed by atoms with E-state index in [1.165, 1.54) is 9.80 Å². The summed E-state index contributed by atoms with van der Waals surface area (Å²) in [5.41, 5.74) is 0.757. The molecule has 25 heavy (non-hydrogen) atoms. The van der Waals surface area contributed by atoms with E-state index in [0.717, 1.165) is 5.56 Å². The number of carbonyl (C=O) groups is 2. The van der Waals surface area contributed by atoms with Crippen LogP contribution in [-0.4, -0.2) is 46.0 Å². The van der Waals surface area contributed by atoms with E-state index < -0.39 is 6.04 Å². The maximum absolute atomic E-state index is 12.5. The number of halogens is 2. The number of aromatic nitrogens is 2. The lowest BCUT2D eigenvalue weighted by Gasteiger charge is -2.17. The van der Waals surface area contributed by atoms with Crippen LogP contribution in [0.1, 0.15) is 5.56 Å². The van der Waals surface area contributed by atoms with Crippen molar-refractivity contribution in [2.45, 2.75) is 12.6 Å². The van der Waals surface area contributed by atoms with Gasteiger partial charge in [0.25, 0.3) is 0 Å². The van der Waals surface area contributed by atoms with E-state index in [2.05, 4.69) is 10.3 Å². The molecule has 0 saturated carbocycles. The van der Waals surface area contributed by atoms with Gasteiger partial charge in [-0.2, -0.15) is 0 Å². The number of hydrogen-bond acceptors (Lipinski definition) is 3. The number of nitrogens with zero attached hydrogens (tertiary/aromatic N) is 4. The summed E-state index contributed by atoms with van der Waals surface area (Å²) in [6, 6.07) is 4.24. The minimum Gasteiger partial charge on any atom is -0.350 e. The zero-order valence-corrected chi connectivity index (χ0v) is 15.3. The second-order valence-electron chi connectivity index (χ2n) is 5.87. The van der Waals surface area contributed by atoms with Crippen molar-refractivity contribution in [1.29, 1.82) is 0 Å². The van der Waals surface area contributed by atoms with Gasteiger partial charge in [0.2, 0.25) is 5.91 Å². The molecule has 1 fully saturated rings. The van der Waals surface area contributed by atoms with E-state index in [4.69, 9.17) is 23.2 Å². The van der Waals surface area contributed by atoms with Crippen molar-refractivity contribution in [3.63, 3.8) is 0 Å². The first-order valence-corrected chi connectivity index (χ1v) is 8.36. The SMILES string of the molecule is CN1C(=O)N(c2cn(C)cn2)C[C@H]1C(=O)NCc1ccc(Cl)cc1Cl. The number of carbonyl (C=O) groups excluding carboxylic acids is 2. The van der Waals surface area contributed by atoms with Crippen molar-refractivity contribution in [1.82, 2.24) is 19.8 Å². The summed E-state index contributed by atoms with van der Waals surface area (Å²) < 4.78 is 1.75. The first-order chi connectivity index (χ1) is 11.9.